The minimum atomic E-state index is -0.151. The molecular formula is C20H38O3. The van der Waals surface area contributed by atoms with E-state index >= 15 is 0 Å². The first-order valence-electron chi connectivity index (χ1n) is 9.79. The fourth-order valence-electron chi connectivity index (χ4n) is 2.80. The van der Waals surface area contributed by atoms with E-state index in [1.54, 1.807) is 0 Å². The summed E-state index contributed by atoms with van der Waals surface area (Å²) in [5.74, 6) is 0.240. The average molecular weight is 327 g/mol. The number of rotatable bonds is 17. The molecule has 0 radical (unpaired) electrons. The van der Waals surface area contributed by atoms with E-state index in [0.29, 0.717) is 18.6 Å². The van der Waals surface area contributed by atoms with Crippen molar-refractivity contribution in [1.29, 1.82) is 0 Å². The monoisotopic (exact) mass is 326 g/mol. The molecule has 0 atom stereocenters. The third-order valence-corrected chi connectivity index (χ3v) is 4.37. The number of hydrogen-bond donors (Lipinski definition) is 0. The molecule has 0 rings (SSSR count). The summed E-state index contributed by atoms with van der Waals surface area (Å²) in [6.07, 6.45) is 17.7. The molecule has 23 heavy (non-hydrogen) atoms. The normalized spacial score (nSPS) is 10.7. The fraction of sp³-hybridized carbons (Fsp3) is 0.900. The fourth-order valence-corrected chi connectivity index (χ4v) is 2.80. The summed E-state index contributed by atoms with van der Waals surface area (Å²) in [4.78, 5) is 22.7. The number of carbonyl (C=O) groups is 2. The molecule has 0 unspecified atom stereocenters. The van der Waals surface area contributed by atoms with Crippen molar-refractivity contribution < 1.29 is 14.3 Å². The maximum atomic E-state index is 11.7. The molecule has 0 amide bonds. The van der Waals surface area contributed by atoms with Crippen molar-refractivity contribution in [2.24, 2.45) is 0 Å². The van der Waals surface area contributed by atoms with Gasteiger partial charge in [0.05, 0.1) is 7.11 Å². The first-order chi connectivity index (χ1) is 11.2. The van der Waals surface area contributed by atoms with Crippen LogP contribution >= 0.6 is 0 Å². The topological polar surface area (TPSA) is 43.4 Å². The van der Waals surface area contributed by atoms with Crippen LogP contribution in [0.2, 0.25) is 0 Å². The summed E-state index contributed by atoms with van der Waals surface area (Å²) in [6.45, 7) is 2.25. The standard InChI is InChI=1S/C20H38O3/c1-3-4-5-6-7-8-9-10-11-13-16-19(21)17-14-12-15-18-20(22)23-2/h3-18H2,1-2H3. The molecule has 0 aliphatic carbocycles. The molecule has 0 aromatic heterocycles. The number of ketones is 1. The highest BCUT2D eigenvalue weighted by atomic mass is 16.5. The van der Waals surface area contributed by atoms with Crippen molar-refractivity contribution in [3.63, 3.8) is 0 Å². The van der Waals surface area contributed by atoms with Crippen molar-refractivity contribution in [2.45, 2.75) is 110 Å². The number of unbranched alkanes of at least 4 members (excludes halogenated alkanes) is 11. The smallest absolute Gasteiger partial charge is 0.305 e. The summed E-state index contributed by atoms with van der Waals surface area (Å²) < 4.78 is 4.59. The summed E-state index contributed by atoms with van der Waals surface area (Å²) in [5, 5.41) is 0. The molecule has 3 nitrogen and oxygen atoms in total. The Hall–Kier alpha value is -0.860. The predicted molar refractivity (Wildman–Crippen MR) is 96.6 cm³/mol. The number of esters is 1. The first-order valence-corrected chi connectivity index (χ1v) is 9.79. The van der Waals surface area contributed by atoms with E-state index in [-0.39, 0.29) is 5.97 Å². The zero-order valence-electron chi connectivity index (χ0n) is 15.5. The zero-order chi connectivity index (χ0) is 17.2. The maximum absolute atomic E-state index is 11.7. The van der Waals surface area contributed by atoms with Crippen LogP contribution in [0.1, 0.15) is 110 Å². The second-order valence-electron chi connectivity index (χ2n) is 6.61. The van der Waals surface area contributed by atoms with Crippen LogP contribution in [0.3, 0.4) is 0 Å². The second-order valence-corrected chi connectivity index (χ2v) is 6.61. The third kappa shape index (κ3) is 17.3. The lowest BCUT2D eigenvalue weighted by molar-refractivity contribution is -0.140. The van der Waals surface area contributed by atoms with E-state index in [9.17, 15) is 9.59 Å². The van der Waals surface area contributed by atoms with E-state index in [4.69, 9.17) is 0 Å². The van der Waals surface area contributed by atoms with Gasteiger partial charge in [0.25, 0.3) is 0 Å². The molecule has 3 heteroatoms. The summed E-state index contributed by atoms with van der Waals surface area (Å²) in [5.41, 5.74) is 0. The van der Waals surface area contributed by atoms with Gasteiger partial charge in [-0.05, 0) is 19.3 Å². The van der Waals surface area contributed by atoms with Gasteiger partial charge < -0.3 is 4.74 Å². The average Bonchev–Trinajstić information content (AvgIpc) is 2.56. The molecule has 0 aromatic rings. The van der Waals surface area contributed by atoms with Crippen LogP contribution in [-0.2, 0) is 14.3 Å². The van der Waals surface area contributed by atoms with E-state index in [1.165, 1.54) is 64.9 Å². The Bertz CT molecular complexity index is 287. The van der Waals surface area contributed by atoms with Gasteiger partial charge in [-0.1, -0.05) is 71.1 Å². The third-order valence-electron chi connectivity index (χ3n) is 4.37. The van der Waals surface area contributed by atoms with Crippen LogP contribution < -0.4 is 0 Å². The molecule has 0 spiro atoms. The number of methoxy groups -OCH3 is 1. The van der Waals surface area contributed by atoms with Gasteiger partial charge in [-0.3, -0.25) is 9.59 Å². The van der Waals surface area contributed by atoms with Crippen molar-refractivity contribution in [3.05, 3.63) is 0 Å². The molecule has 0 aromatic carbocycles. The quantitative estimate of drug-likeness (QED) is 0.243. The second kappa shape index (κ2) is 17.5. The summed E-state index contributed by atoms with van der Waals surface area (Å²) in [7, 11) is 1.42. The van der Waals surface area contributed by atoms with E-state index < -0.39 is 0 Å². The molecule has 0 saturated heterocycles. The minimum absolute atomic E-state index is 0.151. The van der Waals surface area contributed by atoms with Gasteiger partial charge in [0.15, 0.2) is 0 Å². The van der Waals surface area contributed by atoms with Crippen LogP contribution in [-0.4, -0.2) is 18.9 Å². The Morgan fingerprint density at radius 3 is 1.48 bits per heavy atom. The Kier molecular flexibility index (Phi) is 16.8. The lowest BCUT2D eigenvalue weighted by Gasteiger charge is -2.03. The molecule has 0 bridgehead atoms. The zero-order valence-corrected chi connectivity index (χ0v) is 15.5. The van der Waals surface area contributed by atoms with Gasteiger partial charge in [0, 0.05) is 19.3 Å². The number of Topliss-reactive ketones (excluding diaryl/α,β-unsaturated/α-hetero) is 1. The SMILES string of the molecule is CCCCCCCCCCCCC(=O)CCCCCC(=O)OC. The summed E-state index contributed by atoms with van der Waals surface area (Å²) in [6, 6.07) is 0. The van der Waals surface area contributed by atoms with Crippen LogP contribution in [0.25, 0.3) is 0 Å². The Morgan fingerprint density at radius 1 is 0.609 bits per heavy atom. The Labute approximate surface area is 143 Å². The number of hydrogen-bond acceptors (Lipinski definition) is 3. The van der Waals surface area contributed by atoms with Gasteiger partial charge in [-0.2, -0.15) is 0 Å². The van der Waals surface area contributed by atoms with E-state index in [1.807, 2.05) is 0 Å². The van der Waals surface area contributed by atoms with Crippen LogP contribution in [0.5, 0.6) is 0 Å². The minimum Gasteiger partial charge on any atom is -0.469 e. The lowest BCUT2D eigenvalue weighted by Crippen LogP contribution is -2.00. The highest BCUT2D eigenvalue weighted by Crippen LogP contribution is 2.12. The molecule has 0 aliphatic rings. The van der Waals surface area contributed by atoms with Crippen LogP contribution in [0.4, 0.5) is 0 Å². The van der Waals surface area contributed by atoms with Gasteiger partial charge >= 0.3 is 5.97 Å². The predicted octanol–water partition coefficient (Wildman–Crippen LogP) is 5.99. The van der Waals surface area contributed by atoms with E-state index in [2.05, 4.69) is 11.7 Å². The van der Waals surface area contributed by atoms with Crippen LogP contribution in [0.15, 0.2) is 0 Å². The Morgan fingerprint density at radius 2 is 1.00 bits per heavy atom. The highest BCUT2D eigenvalue weighted by molar-refractivity contribution is 5.78. The van der Waals surface area contributed by atoms with Gasteiger partial charge in [0.2, 0.25) is 0 Å². The molecule has 0 saturated carbocycles. The summed E-state index contributed by atoms with van der Waals surface area (Å²) >= 11 is 0. The van der Waals surface area contributed by atoms with Gasteiger partial charge in [-0.25, -0.2) is 0 Å². The number of ether oxygens (including phenoxy) is 1. The molecular weight excluding hydrogens is 288 g/mol. The largest absolute Gasteiger partial charge is 0.469 e. The molecule has 0 fully saturated rings. The number of carbonyl (C=O) groups excluding carboxylic acids is 2. The van der Waals surface area contributed by atoms with Crippen molar-refractivity contribution >= 4 is 11.8 Å². The van der Waals surface area contributed by atoms with Crippen molar-refractivity contribution in [1.82, 2.24) is 0 Å². The van der Waals surface area contributed by atoms with Gasteiger partial charge in [0.1, 0.15) is 5.78 Å². The van der Waals surface area contributed by atoms with E-state index in [0.717, 1.165) is 32.1 Å². The van der Waals surface area contributed by atoms with Gasteiger partial charge in [-0.15, -0.1) is 0 Å². The highest BCUT2D eigenvalue weighted by Gasteiger charge is 2.03. The Balaban J connectivity index is 3.20. The molecule has 136 valence electrons. The van der Waals surface area contributed by atoms with Crippen molar-refractivity contribution in [3.8, 4) is 0 Å². The van der Waals surface area contributed by atoms with Crippen molar-refractivity contribution in [2.75, 3.05) is 7.11 Å². The molecule has 0 aliphatic heterocycles. The van der Waals surface area contributed by atoms with Crippen LogP contribution in [0, 0.1) is 0 Å². The molecule has 0 N–H and O–H groups in total. The lowest BCUT2D eigenvalue weighted by atomic mass is 10.0. The maximum Gasteiger partial charge on any atom is 0.305 e. The molecule has 0 heterocycles. The first kappa shape index (κ1) is 22.1.